The molecule has 0 spiro atoms. The smallest absolute Gasteiger partial charge is 0.167 e. The zero-order valence-corrected chi connectivity index (χ0v) is 34.8. The highest BCUT2D eigenvalue weighted by molar-refractivity contribution is 6.30. The van der Waals surface area contributed by atoms with Crippen LogP contribution in [-0.2, 0) is 0 Å². The molecule has 0 unspecified atom stereocenters. The number of fused-ring (bicyclic) bond motifs is 10. The zero-order valence-electron chi connectivity index (χ0n) is 34.8. The van der Waals surface area contributed by atoms with Crippen LogP contribution in [0, 0.1) is 6.92 Å². The Hall–Kier alpha value is -8.61. The van der Waals surface area contributed by atoms with Crippen LogP contribution in [0.15, 0.2) is 211 Å². The highest BCUT2D eigenvalue weighted by Crippen LogP contribution is 2.49. The van der Waals surface area contributed by atoms with Crippen LogP contribution in [0.2, 0.25) is 0 Å². The molecule has 64 heavy (non-hydrogen) atoms. The van der Waals surface area contributed by atoms with Gasteiger partial charge in [0.25, 0.3) is 0 Å². The molecule has 0 fully saturated rings. The molecule has 0 aliphatic heterocycles. The summed E-state index contributed by atoms with van der Waals surface area (Å²) >= 11 is 0. The topological polar surface area (TPSA) is 61.7 Å². The monoisotopic (exact) mass is 819 g/mol. The normalized spacial score (nSPS) is 11.8. The average molecular weight is 820 g/mol. The van der Waals surface area contributed by atoms with Gasteiger partial charge in [0, 0.05) is 49.3 Å². The van der Waals surface area contributed by atoms with Gasteiger partial charge in [-0.3, -0.25) is 0 Å². The van der Waals surface area contributed by atoms with Crippen molar-refractivity contribution in [3.63, 3.8) is 0 Å². The fourth-order valence-corrected chi connectivity index (χ4v) is 9.92. The van der Waals surface area contributed by atoms with Crippen LogP contribution >= 0.6 is 0 Å². The minimum Gasteiger partial charge on any atom is -0.455 e. The minimum atomic E-state index is 0.549. The van der Waals surface area contributed by atoms with Gasteiger partial charge in [-0.1, -0.05) is 164 Å². The molecule has 0 N–H and O–H groups in total. The maximum Gasteiger partial charge on any atom is 0.167 e. The van der Waals surface area contributed by atoms with Crippen molar-refractivity contribution >= 4 is 65.6 Å². The van der Waals surface area contributed by atoms with E-state index in [-0.39, 0.29) is 0 Å². The highest BCUT2D eigenvalue weighted by Gasteiger charge is 2.28. The van der Waals surface area contributed by atoms with Gasteiger partial charge in [-0.2, -0.15) is 0 Å². The van der Waals surface area contributed by atoms with Gasteiger partial charge < -0.3 is 13.6 Å². The second kappa shape index (κ2) is 14.2. The SMILES string of the molecule is Cc1cc(-c2nc(-c3ccccc3)nc(-c3ccccc3)n2)c2oc3ccccc3c2c1-n1c2ccccc2c2c1c(-c1ccccc1)cc1c3ccccc3n(-c3ccccc3)c12. The first kappa shape index (κ1) is 36.1. The lowest BCUT2D eigenvalue weighted by Gasteiger charge is -2.18. The number of hydrogen-bond acceptors (Lipinski definition) is 4. The summed E-state index contributed by atoms with van der Waals surface area (Å²) in [5.41, 5.74) is 14.2. The number of benzene rings is 9. The second-order valence-electron chi connectivity index (χ2n) is 16.4. The Balaban J connectivity index is 1.20. The predicted molar refractivity (Wildman–Crippen MR) is 262 cm³/mol. The van der Waals surface area contributed by atoms with Crippen LogP contribution < -0.4 is 0 Å². The molecule has 6 heteroatoms. The average Bonchev–Trinajstić information content (AvgIpc) is 4.03. The molecular weight excluding hydrogens is 783 g/mol. The number of aryl methyl sites for hydroxylation is 1. The number of furan rings is 1. The Labute approximate surface area is 368 Å². The molecule has 0 aliphatic rings. The third-order valence-electron chi connectivity index (χ3n) is 12.6. The number of aromatic nitrogens is 5. The molecule has 4 heterocycles. The van der Waals surface area contributed by atoms with E-state index < -0.39 is 0 Å². The zero-order chi connectivity index (χ0) is 42.3. The fraction of sp³-hybridized carbons (Fsp3) is 0.0172. The number of rotatable bonds is 6. The van der Waals surface area contributed by atoms with Crippen molar-refractivity contribution in [1.29, 1.82) is 0 Å². The molecular formula is C58H37N5O. The molecule has 6 nitrogen and oxygen atoms in total. The molecule has 0 bridgehead atoms. The van der Waals surface area contributed by atoms with Gasteiger partial charge in [0.05, 0.1) is 38.7 Å². The number of hydrogen-bond donors (Lipinski definition) is 0. The van der Waals surface area contributed by atoms with Crippen LogP contribution in [-0.4, -0.2) is 24.1 Å². The van der Waals surface area contributed by atoms with Crippen molar-refractivity contribution in [3.8, 4) is 56.7 Å². The maximum absolute atomic E-state index is 7.03. The Kier molecular flexibility index (Phi) is 8.02. The van der Waals surface area contributed by atoms with E-state index in [2.05, 4.69) is 156 Å². The summed E-state index contributed by atoms with van der Waals surface area (Å²) in [6, 6.07) is 72.4. The van der Waals surface area contributed by atoms with Crippen LogP contribution in [0.4, 0.5) is 0 Å². The molecule has 9 aromatic carbocycles. The summed E-state index contributed by atoms with van der Waals surface area (Å²) < 4.78 is 12.0. The van der Waals surface area contributed by atoms with E-state index >= 15 is 0 Å². The predicted octanol–water partition coefficient (Wildman–Crippen LogP) is 14.9. The van der Waals surface area contributed by atoms with E-state index in [1.165, 1.54) is 27.1 Å². The largest absolute Gasteiger partial charge is 0.455 e. The Morgan fingerprint density at radius 1 is 0.391 bits per heavy atom. The van der Waals surface area contributed by atoms with Crippen LogP contribution in [0.1, 0.15) is 5.56 Å². The van der Waals surface area contributed by atoms with Crippen molar-refractivity contribution in [2.24, 2.45) is 0 Å². The van der Waals surface area contributed by atoms with E-state index in [4.69, 9.17) is 19.4 Å². The van der Waals surface area contributed by atoms with Gasteiger partial charge in [0.2, 0.25) is 0 Å². The van der Waals surface area contributed by atoms with E-state index in [0.717, 1.165) is 83.2 Å². The lowest BCUT2D eigenvalue weighted by Crippen LogP contribution is -2.03. The quantitative estimate of drug-likeness (QED) is 0.168. The molecule has 0 radical (unpaired) electrons. The summed E-state index contributed by atoms with van der Waals surface area (Å²) in [5, 5.41) is 6.79. The summed E-state index contributed by atoms with van der Waals surface area (Å²) in [5.74, 6) is 1.75. The van der Waals surface area contributed by atoms with E-state index in [1.807, 2.05) is 66.7 Å². The molecule has 13 rings (SSSR count). The van der Waals surface area contributed by atoms with Gasteiger partial charge >= 0.3 is 0 Å². The molecule has 13 aromatic rings. The molecule has 0 amide bonds. The molecule has 300 valence electrons. The van der Waals surface area contributed by atoms with Crippen molar-refractivity contribution in [1.82, 2.24) is 24.1 Å². The second-order valence-corrected chi connectivity index (χ2v) is 16.4. The number of para-hydroxylation sites is 4. The summed E-state index contributed by atoms with van der Waals surface area (Å²) in [6.45, 7) is 2.21. The summed E-state index contributed by atoms with van der Waals surface area (Å²) in [6.07, 6.45) is 0. The standard InChI is InChI=1S/C58H37N5O/c1-36-34-46(58-60-56(38-22-8-3-9-23-38)59-57(61-58)39-24-10-4-11-25-39)55-51(43-30-16-19-33-49(43)64-55)52(36)63-48-32-18-15-29-42(48)50-53(63)44(37-20-6-2-7-21-37)35-45-41-28-14-17-31-47(41)62(54(45)50)40-26-12-5-13-27-40/h2-35H,1H3. The van der Waals surface area contributed by atoms with Crippen LogP contribution in [0.25, 0.3) is 122 Å². The van der Waals surface area contributed by atoms with Crippen molar-refractivity contribution in [3.05, 3.63) is 212 Å². The van der Waals surface area contributed by atoms with Crippen LogP contribution in [0.5, 0.6) is 0 Å². The Morgan fingerprint density at radius 2 is 0.906 bits per heavy atom. The van der Waals surface area contributed by atoms with E-state index in [0.29, 0.717) is 17.5 Å². The third kappa shape index (κ3) is 5.42. The number of nitrogens with zero attached hydrogens (tertiary/aromatic N) is 5. The summed E-state index contributed by atoms with van der Waals surface area (Å²) in [7, 11) is 0. The van der Waals surface area contributed by atoms with E-state index in [9.17, 15) is 0 Å². The van der Waals surface area contributed by atoms with E-state index in [1.54, 1.807) is 0 Å². The van der Waals surface area contributed by atoms with Gasteiger partial charge in [0.1, 0.15) is 11.2 Å². The fourth-order valence-electron chi connectivity index (χ4n) is 9.92. The lowest BCUT2D eigenvalue weighted by atomic mass is 9.97. The molecule has 4 aromatic heterocycles. The highest BCUT2D eigenvalue weighted by atomic mass is 16.3. The maximum atomic E-state index is 7.03. The Bertz CT molecular complexity index is 3890. The molecule has 0 saturated carbocycles. The first-order valence-electron chi connectivity index (χ1n) is 21.6. The summed E-state index contributed by atoms with van der Waals surface area (Å²) in [4.78, 5) is 15.4. The third-order valence-corrected chi connectivity index (χ3v) is 12.6. The van der Waals surface area contributed by atoms with Crippen molar-refractivity contribution in [2.45, 2.75) is 6.92 Å². The molecule has 0 atom stereocenters. The first-order valence-corrected chi connectivity index (χ1v) is 21.6. The first-order chi connectivity index (χ1) is 31.7. The molecule has 0 aliphatic carbocycles. The van der Waals surface area contributed by atoms with Crippen molar-refractivity contribution < 1.29 is 4.42 Å². The van der Waals surface area contributed by atoms with Gasteiger partial charge in [0.15, 0.2) is 17.5 Å². The van der Waals surface area contributed by atoms with Gasteiger partial charge in [-0.25, -0.2) is 15.0 Å². The molecule has 0 saturated heterocycles. The van der Waals surface area contributed by atoms with Crippen LogP contribution in [0.3, 0.4) is 0 Å². The Morgan fingerprint density at radius 3 is 1.56 bits per heavy atom. The lowest BCUT2D eigenvalue weighted by molar-refractivity contribution is 0.669. The van der Waals surface area contributed by atoms with Gasteiger partial charge in [-0.05, 0) is 60.5 Å². The van der Waals surface area contributed by atoms with Gasteiger partial charge in [-0.15, -0.1) is 0 Å². The minimum absolute atomic E-state index is 0.549. The van der Waals surface area contributed by atoms with Crippen molar-refractivity contribution in [2.75, 3.05) is 0 Å².